The largest absolute Gasteiger partial charge is 0.341 e. The fourth-order valence-corrected chi connectivity index (χ4v) is 3.03. The van der Waals surface area contributed by atoms with Gasteiger partial charge in [-0.2, -0.15) is 0 Å². The van der Waals surface area contributed by atoms with Crippen LogP contribution in [0.2, 0.25) is 0 Å². The van der Waals surface area contributed by atoms with Crippen molar-refractivity contribution < 1.29 is 4.79 Å². The summed E-state index contributed by atoms with van der Waals surface area (Å²) in [5.74, 6) is 2.24. The van der Waals surface area contributed by atoms with Crippen molar-refractivity contribution in [3.63, 3.8) is 0 Å². The molecule has 0 radical (unpaired) electrons. The second-order valence-electron chi connectivity index (χ2n) is 6.29. The molecule has 3 unspecified atom stereocenters. The minimum atomic E-state index is -0.409. The third-order valence-corrected chi connectivity index (χ3v) is 4.45. The van der Waals surface area contributed by atoms with Crippen molar-refractivity contribution in [2.24, 2.45) is 22.7 Å². The molecule has 0 aromatic rings. The van der Waals surface area contributed by atoms with Crippen LogP contribution < -0.4 is 10.6 Å². The molecule has 2 aliphatic rings. The van der Waals surface area contributed by atoms with Gasteiger partial charge in [-0.1, -0.05) is 40.5 Å². The first kappa shape index (κ1) is 13.4. The number of hydrogen-bond acceptors (Lipinski definition) is 2. The Morgan fingerprint density at radius 2 is 2.17 bits per heavy atom. The lowest BCUT2D eigenvalue weighted by atomic mass is 9.68. The van der Waals surface area contributed by atoms with Crippen molar-refractivity contribution in [1.29, 1.82) is 0 Å². The summed E-state index contributed by atoms with van der Waals surface area (Å²) in [6, 6.07) is 0. The van der Waals surface area contributed by atoms with Crippen LogP contribution >= 0.6 is 0 Å². The van der Waals surface area contributed by atoms with Crippen LogP contribution in [0.25, 0.3) is 0 Å². The lowest BCUT2D eigenvalue weighted by molar-refractivity contribution is -0.127. The number of hydrogen-bond donors (Lipinski definition) is 2. The Hall–Kier alpha value is -1.06. The molecule has 2 fully saturated rings. The second kappa shape index (κ2) is 4.90. The highest BCUT2D eigenvalue weighted by Crippen LogP contribution is 2.39. The quantitative estimate of drug-likeness (QED) is 0.787. The minimum Gasteiger partial charge on any atom is -0.341 e. The Bertz CT molecular complexity index is 364. The smallest absolute Gasteiger partial charge is 0.252 e. The van der Waals surface area contributed by atoms with E-state index in [4.69, 9.17) is 0 Å². The molecule has 0 aromatic heterocycles. The molecule has 4 nitrogen and oxygen atoms in total. The van der Waals surface area contributed by atoms with Gasteiger partial charge in [-0.3, -0.25) is 15.1 Å². The van der Waals surface area contributed by atoms with E-state index < -0.39 is 5.54 Å². The molecule has 1 amide bonds. The molecule has 1 spiro atoms. The van der Waals surface area contributed by atoms with Gasteiger partial charge in [0.15, 0.2) is 5.96 Å². The first-order valence-corrected chi connectivity index (χ1v) is 7.10. The summed E-state index contributed by atoms with van der Waals surface area (Å²) in [7, 11) is 0. The third-order valence-electron chi connectivity index (χ3n) is 4.45. The molecule has 1 aliphatic heterocycles. The van der Waals surface area contributed by atoms with E-state index in [1.807, 2.05) is 0 Å². The maximum absolute atomic E-state index is 12.3. The monoisotopic (exact) mass is 251 g/mol. The Balaban J connectivity index is 2.15. The van der Waals surface area contributed by atoms with Gasteiger partial charge >= 0.3 is 0 Å². The highest BCUT2D eigenvalue weighted by molar-refractivity contribution is 6.09. The molecule has 2 rings (SSSR count). The van der Waals surface area contributed by atoms with Gasteiger partial charge < -0.3 is 5.32 Å². The average molecular weight is 251 g/mol. The van der Waals surface area contributed by atoms with E-state index in [-0.39, 0.29) is 5.91 Å². The van der Waals surface area contributed by atoms with E-state index in [0.717, 1.165) is 19.4 Å². The van der Waals surface area contributed by atoms with E-state index in [1.54, 1.807) is 0 Å². The maximum atomic E-state index is 12.3. The fraction of sp³-hybridized carbons (Fsp3) is 0.857. The van der Waals surface area contributed by atoms with Gasteiger partial charge in [-0.05, 0) is 24.2 Å². The number of amides is 1. The Labute approximate surface area is 110 Å². The van der Waals surface area contributed by atoms with Crippen LogP contribution in [0.1, 0.15) is 47.0 Å². The fourth-order valence-electron chi connectivity index (χ4n) is 3.03. The van der Waals surface area contributed by atoms with Gasteiger partial charge in [0.1, 0.15) is 5.54 Å². The van der Waals surface area contributed by atoms with E-state index in [9.17, 15) is 4.79 Å². The molecule has 1 saturated carbocycles. The van der Waals surface area contributed by atoms with E-state index >= 15 is 0 Å². The summed E-state index contributed by atoms with van der Waals surface area (Å²) in [5, 5.41) is 6.30. The first-order valence-electron chi connectivity index (χ1n) is 7.10. The highest BCUT2D eigenvalue weighted by Gasteiger charge is 2.51. The number of carbonyl (C=O) groups excluding carboxylic acids is 1. The molecule has 18 heavy (non-hydrogen) atoms. The van der Waals surface area contributed by atoms with Crippen LogP contribution in [0, 0.1) is 17.8 Å². The molecule has 2 N–H and O–H groups in total. The third kappa shape index (κ3) is 2.25. The van der Waals surface area contributed by atoms with Crippen LogP contribution in [-0.4, -0.2) is 24.0 Å². The Morgan fingerprint density at radius 1 is 1.44 bits per heavy atom. The lowest BCUT2D eigenvalue weighted by Crippen LogP contribution is -2.56. The van der Waals surface area contributed by atoms with Gasteiger partial charge in [-0.25, -0.2) is 0 Å². The van der Waals surface area contributed by atoms with Crippen molar-refractivity contribution in [2.75, 3.05) is 6.54 Å². The topological polar surface area (TPSA) is 53.5 Å². The summed E-state index contributed by atoms with van der Waals surface area (Å²) >= 11 is 0. The van der Waals surface area contributed by atoms with Crippen molar-refractivity contribution in [2.45, 2.75) is 52.5 Å². The summed E-state index contributed by atoms with van der Waals surface area (Å²) < 4.78 is 0. The average Bonchev–Trinajstić information content (AvgIpc) is 2.62. The van der Waals surface area contributed by atoms with Crippen LogP contribution in [-0.2, 0) is 4.79 Å². The second-order valence-corrected chi connectivity index (χ2v) is 6.29. The maximum Gasteiger partial charge on any atom is 0.252 e. The van der Waals surface area contributed by atoms with Crippen LogP contribution in [0.15, 0.2) is 4.99 Å². The SMILES string of the molecule is CC(C)CN=C1NC(=O)C2(CCCC(C)C2C)N1. The first-order chi connectivity index (χ1) is 8.45. The van der Waals surface area contributed by atoms with Gasteiger partial charge in [0.25, 0.3) is 5.91 Å². The minimum absolute atomic E-state index is 0.115. The lowest BCUT2D eigenvalue weighted by Gasteiger charge is -2.40. The molecular weight excluding hydrogens is 226 g/mol. The zero-order valence-corrected chi connectivity index (χ0v) is 11.9. The normalized spacial score (nSPS) is 38.3. The number of aliphatic imine (C=N–C) groups is 1. The molecule has 0 bridgehead atoms. The molecular formula is C14H25N3O. The standard InChI is InChI=1S/C14H25N3O/c1-9(2)8-15-13-16-12(18)14(17-13)7-5-6-10(3)11(14)4/h9-11H,5-8H2,1-4H3,(H2,15,16,17,18). The number of guanidine groups is 1. The van der Waals surface area contributed by atoms with Crippen LogP contribution in [0.3, 0.4) is 0 Å². The highest BCUT2D eigenvalue weighted by atomic mass is 16.2. The number of rotatable bonds is 2. The molecule has 102 valence electrons. The summed E-state index contributed by atoms with van der Waals surface area (Å²) in [5.41, 5.74) is -0.409. The summed E-state index contributed by atoms with van der Waals surface area (Å²) in [4.78, 5) is 16.8. The number of nitrogens with one attached hydrogen (secondary N) is 2. The van der Waals surface area contributed by atoms with Crippen molar-refractivity contribution >= 4 is 11.9 Å². The van der Waals surface area contributed by atoms with Gasteiger partial charge in [0.05, 0.1) is 0 Å². The Kier molecular flexibility index (Phi) is 3.64. The van der Waals surface area contributed by atoms with Crippen molar-refractivity contribution in [3.05, 3.63) is 0 Å². The Morgan fingerprint density at radius 3 is 2.83 bits per heavy atom. The van der Waals surface area contributed by atoms with Gasteiger partial charge in [0.2, 0.25) is 0 Å². The molecule has 1 aliphatic carbocycles. The zero-order chi connectivity index (χ0) is 13.3. The molecule has 1 saturated heterocycles. The van der Waals surface area contributed by atoms with Gasteiger partial charge in [-0.15, -0.1) is 0 Å². The van der Waals surface area contributed by atoms with Crippen LogP contribution in [0.5, 0.6) is 0 Å². The van der Waals surface area contributed by atoms with E-state index in [1.165, 1.54) is 6.42 Å². The summed E-state index contributed by atoms with van der Waals surface area (Å²) in [6.07, 6.45) is 3.25. The predicted octanol–water partition coefficient (Wildman–Crippen LogP) is 1.91. The van der Waals surface area contributed by atoms with Gasteiger partial charge in [0, 0.05) is 6.54 Å². The molecule has 1 heterocycles. The van der Waals surface area contributed by atoms with E-state index in [2.05, 4.69) is 43.3 Å². The van der Waals surface area contributed by atoms with Crippen molar-refractivity contribution in [1.82, 2.24) is 10.6 Å². The zero-order valence-electron chi connectivity index (χ0n) is 11.9. The van der Waals surface area contributed by atoms with Crippen LogP contribution in [0.4, 0.5) is 0 Å². The van der Waals surface area contributed by atoms with E-state index in [0.29, 0.717) is 23.7 Å². The molecule has 0 aromatic carbocycles. The number of carbonyl (C=O) groups is 1. The summed E-state index contributed by atoms with van der Waals surface area (Å²) in [6.45, 7) is 9.43. The molecule has 3 atom stereocenters. The predicted molar refractivity (Wildman–Crippen MR) is 73.3 cm³/mol. The van der Waals surface area contributed by atoms with Crippen molar-refractivity contribution in [3.8, 4) is 0 Å². The molecule has 4 heteroatoms. The number of nitrogens with zero attached hydrogens (tertiary/aromatic N) is 1.